The Morgan fingerprint density at radius 3 is 2.19 bits per heavy atom. The molecule has 0 saturated carbocycles. The highest BCUT2D eigenvalue weighted by atomic mass is 28.4. The Balaban J connectivity index is 1.93. The highest BCUT2D eigenvalue weighted by Crippen LogP contribution is 2.43. The van der Waals surface area contributed by atoms with E-state index in [2.05, 4.69) is 72.8 Å². The summed E-state index contributed by atoms with van der Waals surface area (Å²) in [5, 5.41) is 2.77. The summed E-state index contributed by atoms with van der Waals surface area (Å²) in [6.45, 7) is 18.1. The SMILES string of the molecule is [2H]c1cc2c(cc1Cc1c(C)cc(O[Si](C(C)C)(C(C)C)C(C)C)cc1C)OCC(=O)N2. The monoisotopic (exact) mass is 440 g/mol. The maximum Gasteiger partial charge on any atom is 0.262 e. The Hall–Kier alpha value is -2.27. The summed E-state index contributed by atoms with van der Waals surface area (Å²) >= 11 is 0. The molecule has 0 unspecified atom stereocenters. The molecule has 1 heterocycles. The predicted molar refractivity (Wildman–Crippen MR) is 131 cm³/mol. The van der Waals surface area contributed by atoms with Gasteiger partial charge in [-0.2, -0.15) is 0 Å². The van der Waals surface area contributed by atoms with Gasteiger partial charge in [-0.05, 0) is 83.4 Å². The van der Waals surface area contributed by atoms with Crippen molar-refractivity contribution >= 4 is 19.9 Å². The number of benzene rings is 2. The van der Waals surface area contributed by atoms with Gasteiger partial charge in [-0.1, -0.05) is 47.6 Å². The minimum Gasteiger partial charge on any atom is -0.543 e. The van der Waals surface area contributed by atoms with Crippen LogP contribution in [0, 0.1) is 13.8 Å². The molecule has 0 aliphatic carbocycles. The van der Waals surface area contributed by atoms with Crippen LogP contribution >= 0.6 is 0 Å². The number of hydrogen-bond donors (Lipinski definition) is 1. The zero-order chi connectivity index (χ0) is 23.8. The molecule has 2 aromatic rings. The normalized spacial score (nSPS) is 14.4. The molecule has 31 heavy (non-hydrogen) atoms. The lowest BCUT2D eigenvalue weighted by molar-refractivity contribution is -0.118. The van der Waals surface area contributed by atoms with Crippen molar-refractivity contribution in [3.8, 4) is 11.5 Å². The second-order valence-electron chi connectivity index (χ2n) is 9.71. The van der Waals surface area contributed by atoms with Crippen molar-refractivity contribution in [1.82, 2.24) is 0 Å². The highest BCUT2D eigenvalue weighted by molar-refractivity contribution is 6.78. The van der Waals surface area contributed by atoms with Crippen LogP contribution in [0.3, 0.4) is 0 Å². The molecule has 0 atom stereocenters. The first kappa shape index (κ1) is 21.9. The van der Waals surface area contributed by atoms with E-state index < -0.39 is 8.32 Å². The van der Waals surface area contributed by atoms with Crippen molar-refractivity contribution in [3.63, 3.8) is 0 Å². The van der Waals surface area contributed by atoms with Crippen LogP contribution in [0.4, 0.5) is 5.69 Å². The van der Waals surface area contributed by atoms with Crippen LogP contribution in [-0.4, -0.2) is 20.8 Å². The zero-order valence-corrected chi connectivity index (χ0v) is 21.2. The average molecular weight is 441 g/mol. The number of amides is 1. The fourth-order valence-corrected chi connectivity index (χ4v) is 10.4. The van der Waals surface area contributed by atoms with E-state index >= 15 is 0 Å². The molecule has 0 spiro atoms. The smallest absolute Gasteiger partial charge is 0.262 e. The lowest BCUT2D eigenvalue weighted by Gasteiger charge is -2.42. The Kier molecular flexibility index (Phi) is 6.42. The molecule has 2 aromatic carbocycles. The standard InChI is InChI=1S/C26H37NO3Si/c1-16(2)31(17(3)4,18(5)6)30-22-11-19(7)23(20(8)12-22)13-21-9-10-24-25(14-21)29-15-26(28)27-24/h9-12,14,16-18H,13,15H2,1-8H3,(H,27,28)/i9D. The molecule has 1 N–H and O–H groups in total. The molecule has 5 heteroatoms. The third kappa shape index (κ3) is 4.66. The summed E-state index contributed by atoms with van der Waals surface area (Å²) in [7, 11) is -2.02. The summed E-state index contributed by atoms with van der Waals surface area (Å²) in [5.74, 6) is 1.41. The average Bonchev–Trinajstić information content (AvgIpc) is 2.68. The van der Waals surface area contributed by atoms with Gasteiger partial charge in [-0.25, -0.2) is 0 Å². The molecule has 0 fully saturated rings. The maximum atomic E-state index is 11.6. The Bertz CT molecular complexity index is 972. The third-order valence-corrected chi connectivity index (χ3v) is 12.6. The maximum absolute atomic E-state index is 11.6. The number of carbonyl (C=O) groups excluding carboxylic acids is 1. The van der Waals surface area contributed by atoms with Crippen molar-refractivity contribution in [3.05, 3.63) is 52.6 Å². The minimum absolute atomic E-state index is 0.0150. The molecule has 1 amide bonds. The van der Waals surface area contributed by atoms with Gasteiger partial charge >= 0.3 is 0 Å². The lowest BCUT2D eigenvalue weighted by Crippen LogP contribution is -2.50. The topological polar surface area (TPSA) is 47.6 Å². The van der Waals surface area contributed by atoms with Gasteiger partial charge in [0.15, 0.2) is 6.61 Å². The summed E-state index contributed by atoms with van der Waals surface area (Å²) in [5.41, 5.74) is 6.56. The summed E-state index contributed by atoms with van der Waals surface area (Å²) < 4.78 is 20.9. The number of anilines is 1. The molecule has 3 rings (SSSR count). The molecule has 1 aliphatic rings. The van der Waals surface area contributed by atoms with E-state index in [0.29, 0.717) is 40.5 Å². The Labute approximate surface area is 189 Å². The summed E-state index contributed by atoms with van der Waals surface area (Å²) in [6.07, 6.45) is 0.641. The minimum atomic E-state index is -2.02. The fraction of sp³-hybridized carbons (Fsp3) is 0.500. The number of carbonyl (C=O) groups is 1. The lowest BCUT2D eigenvalue weighted by atomic mass is 9.95. The van der Waals surface area contributed by atoms with E-state index in [-0.39, 0.29) is 12.5 Å². The zero-order valence-electron chi connectivity index (χ0n) is 21.2. The first-order valence-electron chi connectivity index (χ1n) is 11.8. The van der Waals surface area contributed by atoms with E-state index in [1.165, 1.54) is 16.7 Å². The van der Waals surface area contributed by atoms with Crippen molar-refractivity contribution in [2.45, 2.75) is 78.4 Å². The molecular formula is C26H37NO3Si. The van der Waals surface area contributed by atoms with Crippen molar-refractivity contribution in [2.75, 3.05) is 11.9 Å². The number of fused-ring (bicyclic) bond motifs is 1. The van der Waals surface area contributed by atoms with E-state index in [9.17, 15) is 4.79 Å². The molecule has 168 valence electrons. The van der Waals surface area contributed by atoms with Gasteiger partial charge in [0.05, 0.1) is 7.06 Å². The highest BCUT2D eigenvalue weighted by Gasteiger charge is 2.47. The predicted octanol–water partition coefficient (Wildman–Crippen LogP) is 6.78. The number of nitrogens with one attached hydrogen (secondary N) is 1. The number of rotatable bonds is 7. The Morgan fingerprint density at radius 2 is 1.65 bits per heavy atom. The molecule has 0 aromatic heterocycles. The van der Waals surface area contributed by atoms with E-state index in [0.717, 1.165) is 11.3 Å². The van der Waals surface area contributed by atoms with Gasteiger partial charge < -0.3 is 14.5 Å². The van der Waals surface area contributed by atoms with Crippen LogP contribution in [0.5, 0.6) is 11.5 Å². The third-order valence-electron chi connectivity index (χ3n) is 6.64. The van der Waals surface area contributed by atoms with Crippen molar-refractivity contribution < 1.29 is 15.3 Å². The van der Waals surface area contributed by atoms with Gasteiger partial charge in [-0.3, -0.25) is 4.79 Å². The molecule has 4 nitrogen and oxygen atoms in total. The van der Waals surface area contributed by atoms with Crippen LogP contribution in [-0.2, 0) is 11.2 Å². The van der Waals surface area contributed by atoms with Crippen molar-refractivity contribution in [1.29, 1.82) is 0 Å². The number of ether oxygens (including phenoxy) is 1. The molecule has 1 aliphatic heterocycles. The second kappa shape index (κ2) is 9.07. The number of hydrogen-bond acceptors (Lipinski definition) is 3. The van der Waals surface area contributed by atoms with Crippen LogP contribution in [0.25, 0.3) is 0 Å². The van der Waals surface area contributed by atoms with Crippen molar-refractivity contribution in [2.24, 2.45) is 0 Å². The van der Waals surface area contributed by atoms with Gasteiger partial charge in [-0.15, -0.1) is 0 Å². The van der Waals surface area contributed by atoms with Gasteiger partial charge in [0, 0.05) is 0 Å². The molecule has 0 bridgehead atoms. The molecular weight excluding hydrogens is 402 g/mol. The fourth-order valence-electron chi connectivity index (χ4n) is 5.20. The van der Waals surface area contributed by atoms with Gasteiger partial charge in [0.1, 0.15) is 11.5 Å². The van der Waals surface area contributed by atoms with Crippen LogP contribution in [0.1, 0.15) is 65.2 Å². The van der Waals surface area contributed by atoms with Crippen LogP contribution in [0.15, 0.2) is 30.3 Å². The first-order chi connectivity index (χ1) is 15.0. The van der Waals surface area contributed by atoms with E-state index in [1.807, 2.05) is 6.07 Å². The first-order valence-corrected chi connectivity index (χ1v) is 13.4. The molecule has 0 saturated heterocycles. The van der Waals surface area contributed by atoms with Crippen LogP contribution in [0.2, 0.25) is 16.6 Å². The number of aryl methyl sites for hydroxylation is 2. The van der Waals surface area contributed by atoms with E-state index in [4.69, 9.17) is 10.5 Å². The largest absolute Gasteiger partial charge is 0.543 e. The summed E-state index contributed by atoms with van der Waals surface area (Å²) in [4.78, 5) is 11.6. The van der Waals surface area contributed by atoms with Crippen LogP contribution < -0.4 is 14.5 Å². The summed E-state index contributed by atoms with van der Waals surface area (Å²) in [6, 6.07) is 8.29. The van der Waals surface area contributed by atoms with Gasteiger partial charge in [0.25, 0.3) is 14.2 Å². The van der Waals surface area contributed by atoms with E-state index in [1.54, 1.807) is 6.07 Å². The Morgan fingerprint density at radius 1 is 1.06 bits per heavy atom. The van der Waals surface area contributed by atoms with Gasteiger partial charge in [0.2, 0.25) is 0 Å². The molecule has 0 radical (unpaired) electrons. The second-order valence-corrected chi connectivity index (χ2v) is 15.1. The quantitative estimate of drug-likeness (QED) is 0.483.